The predicted molar refractivity (Wildman–Crippen MR) is 92.0 cm³/mol. The summed E-state index contributed by atoms with van der Waals surface area (Å²) in [4.78, 5) is 39.7. The number of ketones is 1. The van der Waals surface area contributed by atoms with Crippen LogP contribution in [-0.4, -0.2) is 49.2 Å². The number of tetrazole rings is 1. The van der Waals surface area contributed by atoms with Gasteiger partial charge < -0.3 is 0 Å². The number of hydrogen-bond donors (Lipinski definition) is 0. The molecule has 0 spiro atoms. The summed E-state index contributed by atoms with van der Waals surface area (Å²) >= 11 is 1.36. The van der Waals surface area contributed by atoms with Crippen molar-refractivity contribution in [3.05, 3.63) is 63.6 Å². The maximum Gasteiger partial charge on any atom is 0.261 e. The van der Waals surface area contributed by atoms with Crippen LogP contribution in [0.3, 0.4) is 0 Å². The Morgan fingerprint density at radius 3 is 2.42 bits per heavy atom. The van der Waals surface area contributed by atoms with Gasteiger partial charge >= 0.3 is 0 Å². The molecule has 0 atom stereocenters. The number of fused-ring (bicyclic) bond motifs is 1. The van der Waals surface area contributed by atoms with Gasteiger partial charge in [-0.2, -0.15) is 4.80 Å². The monoisotopic (exact) mass is 367 g/mol. The van der Waals surface area contributed by atoms with Crippen molar-refractivity contribution in [2.24, 2.45) is 0 Å². The van der Waals surface area contributed by atoms with Crippen molar-refractivity contribution in [2.75, 3.05) is 6.54 Å². The number of hydrogen-bond acceptors (Lipinski definition) is 7. The van der Waals surface area contributed by atoms with Crippen LogP contribution in [0.25, 0.3) is 0 Å². The lowest BCUT2D eigenvalue weighted by Crippen LogP contribution is -2.32. The number of imide groups is 1. The predicted octanol–water partition coefficient (Wildman–Crippen LogP) is 1.46. The van der Waals surface area contributed by atoms with Crippen LogP contribution >= 0.6 is 11.3 Å². The number of nitrogens with zero attached hydrogens (tertiary/aromatic N) is 5. The second-order valence-electron chi connectivity index (χ2n) is 5.69. The Kier molecular flexibility index (Phi) is 4.13. The third kappa shape index (κ3) is 2.93. The lowest BCUT2D eigenvalue weighted by Gasteiger charge is -2.11. The fourth-order valence-corrected chi connectivity index (χ4v) is 3.40. The Balaban J connectivity index is 1.39. The third-order valence-corrected chi connectivity index (χ3v) is 4.92. The van der Waals surface area contributed by atoms with Gasteiger partial charge in [-0.25, -0.2) is 0 Å². The van der Waals surface area contributed by atoms with Crippen LogP contribution in [-0.2, 0) is 13.0 Å². The molecule has 4 rings (SSSR count). The number of carbonyl (C=O) groups is 3. The molecular weight excluding hydrogens is 354 g/mol. The fraction of sp³-hybridized carbons (Fsp3) is 0.176. The van der Waals surface area contributed by atoms with Crippen LogP contribution < -0.4 is 0 Å². The first-order chi connectivity index (χ1) is 12.6. The minimum atomic E-state index is -0.314. The molecule has 0 radical (unpaired) electrons. The molecule has 0 unspecified atom stereocenters. The lowest BCUT2D eigenvalue weighted by atomic mass is 10.1. The van der Waals surface area contributed by atoms with Gasteiger partial charge in [0, 0.05) is 13.0 Å². The second kappa shape index (κ2) is 6.60. The summed E-state index contributed by atoms with van der Waals surface area (Å²) in [5.74, 6) is -0.346. The summed E-state index contributed by atoms with van der Waals surface area (Å²) in [6.45, 7) is 0.164. The smallest absolute Gasteiger partial charge is 0.261 e. The Morgan fingerprint density at radius 1 is 1.04 bits per heavy atom. The Morgan fingerprint density at radius 2 is 1.77 bits per heavy atom. The molecule has 0 saturated heterocycles. The molecule has 1 aliphatic heterocycles. The summed E-state index contributed by atoms with van der Waals surface area (Å²) in [6.07, 6.45) is 0.276. The molecule has 3 heterocycles. The summed E-state index contributed by atoms with van der Waals surface area (Å²) in [5.41, 5.74) is 0.825. The quantitative estimate of drug-likeness (QED) is 0.483. The van der Waals surface area contributed by atoms with Crippen molar-refractivity contribution in [1.29, 1.82) is 0 Å². The van der Waals surface area contributed by atoms with E-state index in [0.717, 1.165) is 0 Å². The van der Waals surface area contributed by atoms with Crippen LogP contribution in [0.1, 0.15) is 36.2 Å². The zero-order valence-electron chi connectivity index (χ0n) is 13.5. The first kappa shape index (κ1) is 16.3. The highest BCUT2D eigenvalue weighted by atomic mass is 32.1. The van der Waals surface area contributed by atoms with Crippen molar-refractivity contribution in [2.45, 2.75) is 13.0 Å². The number of benzene rings is 1. The van der Waals surface area contributed by atoms with Crippen molar-refractivity contribution in [3.8, 4) is 0 Å². The summed E-state index contributed by atoms with van der Waals surface area (Å²) in [7, 11) is 0. The maximum absolute atomic E-state index is 12.3. The van der Waals surface area contributed by atoms with Gasteiger partial charge in [0.05, 0.1) is 16.0 Å². The van der Waals surface area contributed by atoms with E-state index in [1.165, 1.54) is 21.0 Å². The van der Waals surface area contributed by atoms with Gasteiger partial charge in [-0.3, -0.25) is 19.3 Å². The van der Waals surface area contributed by atoms with Crippen molar-refractivity contribution in [3.63, 3.8) is 0 Å². The Bertz CT molecular complexity index is 961. The van der Waals surface area contributed by atoms with E-state index in [1.54, 1.807) is 36.4 Å². The molecule has 0 N–H and O–H groups in total. The average molecular weight is 367 g/mol. The van der Waals surface area contributed by atoms with E-state index in [2.05, 4.69) is 15.4 Å². The van der Waals surface area contributed by atoms with E-state index in [4.69, 9.17) is 0 Å². The first-order valence-corrected chi connectivity index (χ1v) is 8.80. The molecule has 26 heavy (non-hydrogen) atoms. The van der Waals surface area contributed by atoms with Gasteiger partial charge in [-0.05, 0) is 28.8 Å². The zero-order chi connectivity index (χ0) is 18.1. The van der Waals surface area contributed by atoms with Crippen molar-refractivity contribution >= 4 is 28.9 Å². The van der Waals surface area contributed by atoms with Crippen LogP contribution in [0, 0.1) is 0 Å². The number of aromatic nitrogens is 4. The average Bonchev–Trinajstić information content (AvgIpc) is 3.37. The van der Waals surface area contributed by atoms with Crippen LogP contribution in [0.15, 0.2) is 41.8 Å². The minimum absolute atomic E-state index is 0.000526. The summed E-state index contributed by atoms with van der Waals surface area (Å²) in [5, 5.41) is 13.7. The second-order valence-corrected chi connectivity index (χ2v) is 6.64. The molecule has 0 saturated carbocycles. The normalized spacial score (nSPS) is 13.3. The third-order valence-electron chi connectivity index (χ3n) is 4.01. The van der Waals surface area contributed by atoms with Gasteiger partial charge in [0.25, 0.3) is 11.8 Å². The molecule has 0 aliphatic carbocycles. The highest BCUT2D eigenvalue weighted by Gasteiger charge is 2.34. The highest BCUT2D eigenvalue weighted by Crippen LogP contribution is 2.22. The van der Waals surface area contributed by atoms with Crippen LogP contribution in [0.2, 0.25) is 0 Å². The highest BCUT2D eigenvalue weighted by molar-refractivity contribution is 7.12. The zero-order valence-corrected chi connectivity index (χ0v) is 14.3. The molecule has 2 aromatic heterocycles. The van der Waals surface area contributed by atoms with Crippen molar-refractivity contribution in [1.82, 2.24) is 25.1 Å². The fourth-order valence-electron chi connectivity index (χ4n) is 2.74. The SMILES string of the molecule is O=C(Cn1nnc(CCN2C(=O)c3ccccc3C2=O)n1)c1cccs1. The molecule has 1 aromatic carbocycles. The Labute approximate surface area is 152 Å². The van der Waals surface area contributed by atoms with E-state index in [9.17, 15) is 14.4 Å². The summed E-state index contributed by atoms with van der Waals surface area (Å²) < 4.78 is 0. The van der Waals surface area contributed by atoms with Crippen LogP contribution in [0.5, 0.6) is 0 Å². The minimum Gasteiger partial charge on any atom is -0.291 e. The van der Waals surface area contributed by atoms with E-state index in [-0.39, 0.29) is 37.1 Å². The summed E-state index contributed by atoms with van der Waals surface area (Å²) in [6, 6.07) is 10.3. The number of amides is 2. The molecule has 3 aromatic rings. The molecule has 130 valence electrons. The van der Waals surface area contributed by atoms with E-state index in [1.807, 2.05) is 5.38 Å². The van der Waals surface area contributed by atoms with Gasteiger partial charge in [-0.1, -0.05) is 18.2 Å². The number of rotatable bonds is 6. The maximum atomic E-state index is 12.3. The number of Topliss-reactive ketones (excluding diaryl/α,β-unsaturated/α-hetero) is 1. The van der Waals surface area contributed by atoms with Gasteiger partial charge in [0.15, 0.2) is 11.6 Å². The first-order valence-electron chi connectivity index (χ1n) is 7.92. The van der Waals surface area contributed by atoms with Crippen LogP contribution in [0.4, 0.5) is 0 Å². The van der Waals surface area contributed by atoms with E-state index >= 15 is 0 Å². The lowest BCUT2D eigenvalue weighted by molar-refractivity contribution is 0.0655. The molecule has 9 heteroatoms. The largest absolute Gasteiger partial charge is 0.291 e. The molecule has 0 bridgehead atoms. The molecule has 0 fully saturated rings. The van der Waals surface area contributed by atoms with E-state index < -0.39 is 0 Å². The molecule has 2 amide bonds. The Hall–Kier alpha value is -3.20. The topological polar surface area (TPSA) is 98.0 Å². The van der Waals surface area contributed by atoms with Crippen molar-refractivity contribution < 1.29 is 14.4 Å². The molecular formula is C17H13N5O3S. The standard InChI is InChI=1S/C17H13N5O3S/c23-13(14-6-3-9-26-14)10-22-19-15(18-20-22)7-8-21-16(24)11-4-1-2-5-12(11)17(21)25/h1-6,9H,7-8,10H2. The molecule has 8 nitrogen and oxygen atoms in total. The molecule has 1 aliphatic rings. The van der Waals surface area contributed by atoms with E-state index in [0.29, 0.717) is 21.8 Å². The number of thiophene rings is 1. The van der Waals surface area contributed by atoms with Gasteiger partial charge in [-0.15, -0.1) is 21.5 Å². The van der Waals surface area contributed by atoms with Gasteiger partial charge in [0.2, 0.25) is 0 Å². The van der Waals surface area contributed by atoms with Gasteiger partial charge in [0.1, 0.15) is 6.54 Å². The number of carbonyl (C=O) groups excluding carboxylic acids is 3.